The topological polar surface area (TPSA) is 78.9 Å². The first-order valence-corrected chi connectivity index (χ1v) is 24.1. The molecular formula is C53H88O6. The molecule has 0 amide bonds. The van der Waals surface area contributed by atoms with Crippen molar-refractivity contribution in [1.29, 1.82) is 0 Å². The first-order chi connectivity index (χ1) is 29.0. The van der Waals surface area contributed by atoms with Crippen LogP contribution in [-0.2, 0) is 28.6 Å². The molecule has 1 unspecified atom stereocenters. The van der Waals surface area contributed by atoms with E-state index in [4.69, 9.17) is 14.2 Å². The number of unbranched alkanes of at least 4 members (excludes halogenated alkanes) is 18. The molecular weight excluding hydrogens is 733 g/mol. The maximum atomic E-state index is 12.7. The Morgan fingerprint density at radius 2 is 0.729 bits per heavy atom. The molecule has 0 aliphatic rings. The Hall–Kier alpha value is -3.41. The van der Waals surface area contributed by atoms with Crippen LogP contribution in [0.2, 0.25) is 0 Å². The number of carbonyl (C=O) groups excluding carboxylic acids is 3. The molecule has 0 aliphatic heterocycles. The van der Waals surface area contributed by atoms with Crippen molar-refractivity contribution in [3.05, 3.63) is 85.1 Å². The number of carbonyl (C=O) groups is 3. The normalized spacial score (nSPS) is 12.8. The Morgan fingerprint density at radius 3 is 1.24 bits per heavy atom. The van der Waals surface area contributed by atoms with Crippen LogP contribution >= 0.6 is 0 Å². The predicted octanol–water partition coefficient (Wildman–Crippen LogP) is 15.6. The second kappa shape index (κ2) is 47.3. The maximum absolute atomic E-state index is 12.7. The number of hydrogen-bond acceptors (Lipinski definition) is 6. The maximum Gasteiger partial charge on any atom is 0.306 e. The van der Waals surface area contributed by atoms with E-state index < -0.39 is 12.1 Å². The van der Waals surface area contributed by atoms with Crippen LogP contribution < -0.4 is 0 Å². The summed E-state index contributed by atoms with van der Waals surface area (Å²) < 4.78 is 16.6. The van der Waals surface area contributed by atoms with Gasteiger partial charge in [-0.15, -0.1) is 0 Å². The molecule has 0 saturated carbocycles. The molecule has 0 aromatic heterocycles. The minimum atomic E-state index is -0.836. The van der Waals surface area contributed by atoms with Gasteiger partial charge in [0.25, 0.3) is 0 Å². The van der Waals surface area contributed by atoms with E-state index in [2.05, 4.69) is 99.8 Å². The molecule has 6 heteroatoms. The van der Waals surface area contributed by atoms with Crippen molar-refractivity contribution in [2.45, 2.75) is 219 Å². The summed E-state index contributed by atoms with van der Waals surface area (Å²) in [6.07, 6.45) is 60.2. The first kappa shape index (κ1) is 55.6. The van der Waals surface area contributed by atoms with E-state index in [0.717, 1.165) is 64.2 Å². The third-order valence-corrected chi connectivity index (χ3v) is 9.88. The minimum absolute atomic E-state index is 0.130. The van der Waals surface area contributed by atoms with Gasteiger partial charge in [-0.1, -0.05) is 189 Å². The lowest BCUT2D eigenvalue weighted by Gasteiger charge is -2.18. The van der Waals surface area contributed by atoms with Crippen LogP contribution in [-0.4, -0.2) is 37.2 Å². The summed E-state index contributed by atoms with van der Waals surface area (Å²) in [6, 6.07) is 0. The summed E-state index contributed by atoms with van der Waals surface area (Å²) in [5.41, 5.74) is 0. The molecule has 0 saturated heterocycles. The summed E-state index contributed by atoms with van der Waals surface area (Å²) >= 11 is 0. The van der Waals surface area contributed by atoms with Crippen LogP contribution in [0.4, 0.5) is 0 Å². The molecule has 336 valence electrons. The fraction of sp³-hybridized carbons (Fsp3) is 0.679. The molecule has 0 spiro atoms. The van der Waals surface area contributed by atoms with Gasteiger partial charge in [0.15, 0.2) is 6.10 Å². The third kappa shape index (κ3) is 45.5. The highest BCUT2D eigenvalue weighted by molar-refractivity contribution is 5.71. The van der Waals surface area contributed by atoms with E-state index in [0.29, 0.717) is 19.3 Å². The number of allylic oxidation sites excluding steroid dienone is 14. The number of rotatable bonds is 42. The molecule has 6 nitrogen and oxygen atoms in total. The Balaban J connectivity index is 4.55. The highest BCUT2D eigenvalue weighted by Gasteiger charge is 2.19. The van der Waals surface area contributed by atoms with Gasteiger partial charge in [-0.3, -0.25) is 14.4 Å². The van der Waals surface area contributed by atoms with Crippen LogP contribution in [0.25, 0.3) is 0 Å². The molecule has 0 rings (SSSR count). The lowest BCUT2D eigenvalue weighted by molar-refractivity contribution is -0.166. The van der Waals surface area contributed by atoms with Crippen molar-refractivity contribution in [1.82, 2.24) is 0 Å². The largest absolute Gasteiger partial charge is 0.462 e. The molecule has 0 aliphatic carbocycles. The molecule has 0 aromatic carbocycles. The van der Waals surface area contributed by atoms with Crippen molar-refractivity contribution in [2.24, 2.45) is 0 Å². The Morgan fingerprint density at radius 1 is 0.356 bits per heavy atom. The Bertz CT molecular complexity index is 1170. The molecule has 0 radical (unpaired) electrons. The van der Waals surface area contributed by atoms with E-state index in [1.54, 1.807) is 0 Å². The molecule has 0 fully saturated rings. The van der Waals surface area contributed by atoms with E-state index in [-0.39, 0.29) is 38.0 Å². The average Bonchev–Trinajstić information content (AvgIpc) is 3.23. The predicted molar refractivity (Wildman–Crippen MR) is 251 cm³/mol. The first-order valence-electron chi connectivity index (χ1n) is 24.1. The zero-order valence-corrected chi connectivity index (χ0v) is 38.2. The standard InChI is InChI=1S/C53H88O6/c1-4-7-10-13-16-19-22-24-25-26-27-29-31-34-37-40-43-46-52(55)58-49-50(48-57-51(54)45-42-39-36-33-30-21-18-15-12-9-6-3)59-53(56)47-44-41-38-35-32-28-23-20-17-14-11-8-5-2/h15,18,21,24-25,27-30,32,34,37-38,41,50H,4-14,16-17,19-20,22-23,26,31,33,35-36,39-40,42-49H2,1-3H3/b18-15-,25-24-,29-27-,30-21-,32-28-,37-34-,41-38-. The van der Waals surface area contributed by atoms with Gasteiger partial charge in [-0.25, -0.2) is 0 Å². The smallest absolute Gasteiger partial charge is 0.306 e. The average molecular weight is 821 g/mol. The van der Waals surface area contributed by atoms with Gasteiger partial charge in [0.05, 0.1) is 0 Å². The monoisotopic (exact) mass is 821 g/mol. The SMILES string of the molecule is CCCC/C=C\C=C/CCCCCC(=O)OCC(COC(=O)CCC/C=C\C/C=C\C/C=C\CCCCCCCC)OC(=O)CC/C=C\C/C=C\CCCCCCCC. The third-order valence-electron chi connectivity index (χ3n) is 9.88. The lowest BCUT2D eigenvalue weighted by atomic mass is 10.1. The minimum Gasteiger partial charge on any atom is -0.462 e. The second-order valence-corrected chi connectivity index (χ2v) is 15.7. The summed E-state index contributed by atoms with van der Waals surface area (Å²) in [4.78, 5) is 37.7. The van der Waals surface area contributed by atoms with Crippen molar-refractivity contribution >= 4 is 17.9 Å². The van der Waals surface area contributed by atoms with Crippen LogP contribution in [0.1, 0.15) is 213 Å². The van der Waals surface area contributed by atoms with Gasteiger partial charge in [0, 0.05) is 19.3 Å². The van der Waals surface area contributed by atoms with Gasteiger partial charge in [-0.05, 0) is 89.9 Å². The van der Waals surface area contributed by atoms with E-state index in [1.807, 2.05) is 6.08 Å². The molecule has 0 N–H and O–H groups in total. The number of hydrogen-bond donors (Lipinski definition) is 0. The Labute approximate surface area is 363 Å². The van der Waals surface area contributed by atoms with Gasteiger partial charge >= 0.3 is 17.9 Å². The van der Waals surface area contributed by atoms with Crippen molar-refractivity contribution in [2.75, 3.05) is 13.2 Å². The number of ether oxygens (including phenoxy) is 3. The van der Waals surface area contributed by atoms with E-state index in [9.17, 15) is 14.4 Å². The van der Waals surface area contributed by atoms with Gasteiger partial charge in [-0.2, -0.15) is 0 Å². The van der Waals surface area contributed by atoms with Crippen LogP contribution in [0, 0.1) is 0 Å². The zero-order chi connectivity index (χ0) is 43.0. The lowest BCUT2D eigenvalue weighted by Crippen LogP contribution is -2.30. The van der Waals surface area contributed by atoms with E-state index in [1.165, 1.54) is 96.3 Å². The second-order valence-electron chi connectivity index (χ2n) is 15.7. The van der Waals surface area contributed by atoms with E-state index >= 15 is 0 Å². The molecule has 1 atom stereocenters. The fourth-order valence-corrected chi connectivity index (χ4v) is 6.19. The van der Waals surface area contributed by atoms with Gasteiger partial charge < -0.3 is 14.2 Å². The van der Waals surface area contributed by atoms with Gasteiger partial charge in [0.2, 0.25) is 0 Å². The molecule has 0 aromatic rings. The summed E-state index contributed by atoms with van der Waals surface area (Å²) in [6.45, 7) is 6.43. The number of esters is 3. The highest BCUT2D eigenvalue weighted by Crippen LogP contribution is 2.11. The summed E-state index contributed by atoms with van der Waals surface area (Å²) in [5.74, 6) is -1.08. The van der Waals surface area contributed by atoms with Crippen molar-refractivity contribution < 1.29 is 28.6 Å². The van der Waals surface area contributed by atoms with Crippen molar-refractivity contribution in [3.8, 4) is 0 Å². The quantitative estimate of drug-likeness (QED) is 0.0201. The van der Waals surface area contributed by atoms with Crippen LogP contribution in [0.5, 0.6) is 0 Å². The molecule has 0 bridgehead atoms. The van der Waals surface area contributed by atoms with Gasteiger partial charge in [0.1, 0.15) is 13.2 Å². The highest BCUT2D eigenvalue weighted by atomic mass is 16.6. The summed E-state index contributed by atoms with van der Waals surface area (Å²) in [7, 11) is 0. The van der Waals surface area contributed by atoms with Crippen molar-refractivity contribution in [3.63, 3.8) is 0 Å². The fourth-order valence-electron chi connectivity index (χ4n) is 6.19. The molecule has 59 heavy (non-hydrogen) atoms. The summed E-state index contributed by atoms with van der Waals surface area (Å²) in [5, 5.41) is 0. The van der Waals surface area contributed by atoms with Crippen LogP contribution in [0.15, 0.2) is 85.1 Å². The molecule has 0 heterocycles. The zero-order valence-electron chi connectivity index (χ0n) is 38.2. The van der Waals surface area contributed by atoms with Crippen LogP contribution in [0.3, 0.4) is 0 Å². The Kier molecular flexibility index (Phi) is 44.5.